The standard InChI is InChI=1S/C19H15ClF2N4O3/c20-14-4-2-1-3-12(14)9-23-16(27)11-26-18(28)8-6-15(25-26)13-5-7-17(24-10-13)29-19(21)22/h1-8,10,19H,9,11H2,(H,23,27). The zero-order chi connectivity index (χ0) is 20.8. The maximum absolute atomic E-state index is 12.2. The van der Waals surface area contributed by atoms with E-state index in [2.05, 4.69) is 20.1 Å². The highest BCUT2D eigenvalue weighted by Gasteiger charge is 2.10. The van der Waals surface area contributed by atoms with Gasteiger partial charge in [-0.2, -0.15) is 13.9 Å². The molecule has 0 unspecified atom stereocenters. The van der Waals surface area contributed by atoms with Crippen molar-refractivity contribution in [2.24, 2.45) is 0 Å². The van der Waals surface area contributed by atoms with Gasteiger partial charge in [-0.25, -0.2) is 9.67 Å². The van der Waals surface area contributed by atoms with E-state index in [4.69, 9.17) is 11.6 Å². The topological polar surface area (TPSA) is 86.1 Å². The van der Waals surface area contributed by atoms with E-state index in [0.717, 1.165) is 10.2 Å². The summed E-state index contributed by atoms with van der Waals surface area (Å²) in [6.45, 7) is -3.06. The Morgan fingerprint density at radius 1 is 1.17 bits per heavy atom. The Bertz CT molecular complexity index is 1060. The van der Waals surface area contributed by atoms with Gasteiger partial charge in [0, 0.05) is 35.5 Å². The molecular formula is C19H15ClF2N4O3. The van der Waals surface area contributed by atoms with Crippen LogP contribution in [0.2, 0.25) is 5.02 Å². The van der Waals surface area contributed by atoms with Crippen LogP contribution in [0.1, 0.15) is 5.56 Å². The maximum Gasteiger partial charge on any atom is 0.388 e. The van der Waals surface area contributed by atoms with Crippen molar-refractivity contribution in [1.82, 2.24) is 20.1 Å². The van der Waals surface area contributed by atoms with Crippen LogP contribution in [0.25, 0.3) is 11.3 Å². The van der Waals surface area contributed by atoms with Gasteiger partial charge in [0.2, 0.25) is 11.8 Å². The van der Waals surface area contributed by atoms with Crippen LogP contribution in [-0.2, 0) is 17.9 Å². The van der Waals surface area contributed by atoms with Crippen LogP contribution in [0.4, 0.5) is 8.78 Å². The number of ether oxygens (including phenoxy) is 1. The molecule has 3 aromatic rings. The second-order valence-corrected chi connectivity index (χ2v) is 6.25. The van der Waals surface area contributed by atoms with Gasteiger partial charge in [0.25, 0.3) is 5.56 Å². The van der Waals surface area contributed by atoms with E-state index in [1.165, 1.54) is 30.5 Å². The van der Waals surface area contributed by atoms with Gasteiger partial charge in [-0.05, 0) is 23.8 Å². The van der Waals surface area contributed by atoms with E-state index in [9.17, 15) is 18.4 Å². The maximum atomic E-state index is 12.2. The summed E-state index contributed by atoms with van der Waals surface area (Å²) in [5.41, 5.74) is 1.09. The summed E-state index contributed by atoms with van der Waals surface area (Å²) >= 11 is 6.05. The molecule has 0 saturated heterocycles. The number of carbonyl (C=O) groups is 1. The number of halogens is 3. The molecule has 1 amide bonds. The summed E-state index contributed by atoms with van der Waals surface area (Å²) in [5.74, 6) is -0.661. The van der Waals surface area contributed by atoms with Crippen LogP contribution < -0.4 is 15.6 Å². The second-order valence-electron chi connectivity index (χ2n) is 5.85. The van der Waals surface area contributed by atoms with Crippen molar-refractivity contribution in [3.63, 3.8) is 0 Å². The summed E-state index contributed by atoms with van der Waals surface area (Å²) in [4.78, 5) is 28.0. The van der Waals surface area contributed by atoms with E-state index >= 15 is 0 Å². The van der Waals surface area contributed by atoms with Crippen LogP contribution in [-0.4, -0.2) is 27.3 Å². The van der Waals surface area contributed by atoms with Crippen molar-refractivity contribution < 1.29 is 18.3 Å². The quantitative estimate of drug-likeness (QED) is 0.635. The number of benzene rings is 1. The lowest BCUT2D eigenvalue weighted by molar-refractivity contribution is -0.122. The smallest absolute Gasteiger partial charge is 0.388 e. The first-order valence-electron chi connectivity index (χ1n) is 8.42. The van der Waals surface area contributed by atoms with E-state index in [1.54, 1.807) is 24.3 Å². The third kappa shape index (κ3) is 5.58. The number of nitrogens with zero attached hydrogens (tertiary/aromatic N) is 3. The van der Waals surface area contributed by atoms with Crippen molar-refractivity contribution in [3.05, 3.63) is 75.7 Å². The number of hydrogen-bond acceptors (Lipinski definition) is 5. The first-order valence-corrected chi connectivity index (χ1v) is 8.79. The molecular weight excluding hydrogens is 406 g/mol. The van der Waals surface area contributed by atoms with Crippen LogP contribution in [0, 0.1) is 0 Å². The summed E-state index contributed by atoms with van der Waals surface area (Å²) in [5, 5.41) is 7.34. The molecule has 3 rings (SSSR count). The molecule has 0 radical (unpaired) electrons. The highest BCUT2D eigenvalue weighted by Crippen LogP contribution is 2.18. The van der Waals surface area contributed by atoms with Crippen LogP contribution >= 0.6 is 11.6 Å². The molecule has 10 heteroatoms. The van der Waals surface area contributed by atoms with Crippen molar-refractivity contribution in [3.8, 4) is 17.1 Å². The van der Waals surface area contributed by atoms with Crippen molar-refractivity contribution in [1.29, 1.82) is 0 Å². The fraction of sp³-hybridized carbons (Fsp3) is 0.158. The summed E-state index contributed by atoms with van der Waals surface area (Å²) in [7, 11) is 0. The summed E-state index contributed by atoms with van der Waals surface area (Å²) in [6.07, 6.45) is 1.28. The third-order valence-corrected chi connectivity index (χ3v) is 4.20. The number of carbonyl (C=O) groups excluding carboxylic acids is 1. The van der Waals surface area contributed by atoms with Crippen LogP contribution in [0.5, 0.6) is 5.88 Å². The van der Waals surface area contributed by atoms with E-state index < -0.39 is 18.1 Å². The average Bonchev–Trinajstić information content (AvgIpc) is 2.69. The van der Waals surface area contributed by atoms with Gasteiger partial charge in [0.15, 0.2) is 0 Å². The molecule has 0 atom stereocenters. The number of amides is 1. The molecule has 0 aliphatic rings. The molecule has 29 heavy (non-hydrogen) atoms. The summed E-state index contributed by atoms with van der Waals surface area (Å²) < 4.78 is 29.6. The van der Waals surface area contributed by atoms with Gasteiger partial charge in [-0.15, -0.1) is 0 Å². The summed E-state index contributed by atoms with van der Waals surface area (Å²) in [6, 6.07) is 12.5. The molecule has 0 aliphatic heterocycles. The molecule has 1 aromatic carbocycles. The number of rotatable bonds is 7. The minimum absolute atomic E-state index is 0.211. The molecule has 0 saturated carbocycles. The lowest BCUT2D eigenvalue weighted by Gasteiger charge is -2.09. The number of pyridine rings is 1. The van der Waals surface area contributed by atoms with Gasteiger partial charge in [0.05, 0.1) is 5.69 Å². The second kappa shape index (κ2) is 9.24. The molecule has 2 aromatic heterocycles. The molecule has 0 aliphatic carbocycles. The Morgan fingerprint density at radius 3 is 2.66 bits per heavy atom. The lowest BCUT2D eigenvalue weighted by Crippen LogP contribution is -2.33. The predicted molar refractivity (Wildman–Crippen MR) is 102 cm³/mol. The Balaban J connectivity index is 1.69. The first-order chi connectivity index (χ1) is 13.9. The van der Waals surface area contributed by atoms with Crippen molar-refractivity contribution in [2.75, 3.05) is 0 Å². The molecule has 1 N–H and O–H groups in total. The number of nitrogens with one attached hydrogen (secondary N) is 1. The van der Waals surface area contributed by atoms with E-state index in [1.807, 2.05) is 0 Å². The molecule has 0 spiro atoms. The molecule has 7 nitrogen and oxygen atoms in total. The van der Waals surface area contributed by atoms with Crippen molar-refractivity contribution >= 4 is 17.5 Å². The monoisotopic (exact) mass is 420 g/mol. The van der Waals surface area contributed by atoms with Gasteiger partial charge in [-0.3, -0.25) is 9.59 Å². The van der Waals surface area contributed by atoms with Crippen LogP contribution in [0.3, 0.4) is 0 Å². The Labute approximate surface area is 168 Å². The van der Waals surface area contributed by atoms with Crippen molar-refractivity contribution in [2.45, 2.75) is 19.7 Å². The molecule has 0 bridgehead atoms. The average molecular weight is 421 g/mol. The SMILES string of the molecule is O=C(Cn1nc(-c2ccc(OC(F)F)nc2)ccc1=O)NCc1ccccc1Cl. The molecule has 0 fully saturated rings. The zero-order valence-electron chi connectivity index (χ0n) is 14.9. The minimum Gasteiger partial charge on any atom is -0.417 e. The predicted octanol–water partition coefficient (Wildman–Crippen LogP) is 2.88. The number of aromatic nitrogens is 3. The van der Waals surface area contributed by atoms with Crippen LogP contribution in [0.15, 0.2) is 59.5 Å². The largest absolute Gasteiger partial charge is 0.417 e. The fourth-order valence-corrected chi connectivity index (χ4v) is 2.64. The van der Waals surface area contributed by atoms with Gasteiger partial charge in [0.1, 0.15) is 6.54 Å². The Morgan fingerprint density at radius 2 is 1.97 bits per heavy atom. The minimum atomic E-state index is -2.97. The van der Waals surface area contributed by atoms with Gasteiger partial charge < -0.3 is 10.1 Å². The number of hydrogen-bond donors (Lipinski definition) is 1. The zero-order valence-corrected chi connectivity index (χ0v) is 15.6. The van der Waals surface area contributed by atoms with Gasteiger partial charge >= 0.3 is 6.61 Å². The highest BCUT2D eigenvalue weighted by molar-refractivity contribution is 6.31. The first kappa shape index (κ1) is 20.4. The third-order valence-electron chi connectivity index (χ3n) is 3.84. The number of alkyl halides is 2. The van der Waals surface area contributed by atoms with E-state index in [-0.39, 0.29) is 19.0 Å². The van der Waals surface area contributed by atoms with Gasteiger partial charge in [-0.1, -0.05) is 29.8 Å². The highest BCUT2D eigenvalue weighted by atomic mass is 35.5. The molecule has 150 valence electrons. The Kier molecular flexibility index (Phi) is 6.50. The Hall–Kier alpha value is -3.33. The van der Waals surface area contributed by atoms with E-state index in [0.29, 0.717) is 16.3 Å². The fourth-order valence-electron chi connectivity index (χ4n) is 2.44. The lowest BCUT2D eigenvalue weighted by atomic mass is 10.2. The molecule has 2 heterocycles. The normalized spacial score (nSPS) is 10.8.